The van der Waals surface area contributed by atoms with E-state index in [0.717, 1.165) is 13.2 Å². The Hall–Kier alpha value is -1.12. The molecule has 0 radical (unpaired) electrons. The lowest BCUT2D eigenvalue weighted by molar-refractivity contribution is 0.0817. The molecule has 0 aliphatic heterocycles. The van der Waals surface area contributed by atoms with Gasteiger partial charge in [-0.05, 0) is 12.6 Å². The Labute approximate surface area is 105 Å². The first-order valence-corrected chi connectivity index (χ1v) is 6.08. The molecule has 2 heteroatoms. The van der Waals surface area contributed by atoms with Gasteiger partial charge in [-0.1, -0.05) is 56.3 Å². The van der Waals surface area contributed by atoms with Crippen molar-refractivity contribution in [3.63, 3.8) is 0 Å². The van der Waals surface area contributed by atoms with E-state index in [1.165, 1.54) is 5.56 Å². The summed E-state index contributed by atoms with van der Waals surface area (Å²) < 4.78 is 5.65. The first-order valence-electron chi connectivity index (χ1n) is 6.08. The van der Waals surface area contributed by atoms with Crippen LogP contribution >= 0.6 is 0 Å². The molecule has 17 heavy (non-hydrogen) atoms. The molecule has 0 aromatic heterocycles. The molecule has 0 fully saturated rings. The largest absolute Gasteiger partial charge is 0.377 e. The van der Waals surface area contributed by atoms with E-state index in [9.17, 15) is 0 Å². The fraction of sp³-hybridized carbons (Fsp3) is 0.467. The van der Waals surface area contributed by atoms with Crippen LogP contribution in [0.2, 0.25) is 0 Å². The standard InChI is InChI=1S/C15H23NO/c1-15(2,12-16-3)13-17-11-7-10-14-8-5-4-6-9-14/h4-10,16H,11-13H2,1-3H3. The maximum Gasteiger partial charge on any atom is 0.0650 e. The van der Waals surface area contributed by atoms with E-state index in [1.54, 1.807) is 0 Å². The van der Waals surface area contributed by atoms with E-state index in [4.69, 9.17) is 4.74 Å². The van der Waals surface area contributed by atoms with Gasteiger partial charge in [0.25, 0.3) is 0 Å². The monoisotopic (exact) mass is 233 g/mol. The van der Waals surface area contributed by atoms with Crippen LogP contribution in [0.1, 0.15) is 19.4 Å². The van der Waals surface area contributed by atoms with Crippen molar-refractivity contribution in [3.05, 3.63) is 42.0 Å². The van der Waals surface area contributed by atoms with Crippen molar-refractivity contribution in [2.45, 2.75) is 13.8 Å². The smallest absolute Gasteiger partial charge is 0.0650 e. The zero-order valence-electron chi connectivity index (χ0n) is 11.1. The second-order valence-corrected chi connectivity index (χ2v) is 5.02. The molecule has 1 aromatic carbocycles. The Balaban J connectivity index is 2.22. The lowest BCUT2D eigenvalue weighted by Gasteiger charge is -2.23. The molecule has 0 unspecified atom stereocenters. The highest BCUT2D eigenvalue weighted by atomic mass is 16.5. The molecule has 1 rings (SSSR count). The number of rotatable bonds is 7. The zero-order chi connectivity index (χ0) is 12.6. The molecule has 94 valence electrons. The highest BCUT2D eigenvalue weighted by molar-refractivity contribution is 5.48. The van der Waals surface area contributed by atoms with Gasteiger partial charge in [-0.25, -0.2) is 0 Å². The van der Waals surface area contributed by atoms with Crippen LogP contribution in [0.3, 0.4) is 0 Å². The summed E-state index contributed by atoms with van der Waals surface area (Å²) in [5.74, 6) is 0. The normalized spacial score (nSPS) is 12.2. The van der Waals surface area contributed by atoms with Crippen LogP contribution < -0.4 is 5.32 Å². The first-order chi connectivity index (χ1) is 8.14. The second-order valence-electron chi connectivity index (χ2n) is 5.02. The summed E-state index contributed by atoms with van der Waals surface area (Å²) in [5, 5.41) is 3.18. The van der Waals surface area contributed by atoms with Gasteiger partial charge < -0.3 is 10.1 Å². The number of hydrogen-bond donors (Lipinski definition) is 1. The average molecular weight is 233 g/mol. The second kappa shape index (κ2) is 7.25. The average Bonchev–Trinajstić information content (AvgIpc) is 2.30. The van der Waals surface area contributed by atoms with Gasteiger partial charge in [-0.3, -0.25) is 0 Å². The van der Waals surface area contributed by atoms with E-state index in [-0.39, 0.29) is 5.41 Å². The van der Waals surface area contributed by atoms with Crippen molar-refractivity contribution in [2.75, 3.05) is 26.8 Å². The fourth-order valence-corrected chi connectivity index (χ4v) is 1.68. The van der Waals surface area contributed by atoms with Crippen molar-refractivity contribution in [1.82, 2.24) is 5.32 Å². The predicted octanol–water partition coefficient (Wildman–Crippen LogP) is 2.96. The Morgan fingerprint density at radius 3 is 2.59 bits per heavy atom. The van der Waals surface area contributed by atoms with Crippen molar-refractivity contribution >= 4 is 6.08 Å². The maximum absolute atomic E-state index is 5.65. The van der Waals surface area contributed by atoms with Crippen molar-refractivity contribution < 1.29 is 4.74 Å². The van der Waals surface area contributed by atoms with E-state index >= 15 is 0 Å². The Kier molecular flexibility index (Phi) is 5.95. The van der Waals surface area contributed by atoms with Gasteiger partial charge in [0.05, 0.1) is 13.2 Å². The van der Waals surface area contributed by atoms with Gasteiger partial charge in [-0.2, -0.15) is 0 Å². The van der Waals surface area contributed by atoms with Crippen molar-refractivity contribution in [3.8, 4) is 0 Å². The van der Waals surface area contributed by atoms with Crippen LogP contribution in [0.5, 0.6) is 0 Å². The molecule has 0 bridgehead atoms. The van der Waals surface area contributed by atoms with E-state index in [1.807, 2.05) is 25.2 Å². The molecular formula is C15H23NO. The van der Waals surface area contributed by atoms with Crippen LogP contribution in [0, 0.1) is 5.41 Å². The van der Waals surface area contributed by atoms with Crippen LogP contribution in [0.4, 0.5) is 0 Å². The summed E-state index contributed by atoms with van der Waals surface area (Å²) in [6, 6.07) is 10.3. The third kappa shape index (κ3) is 6.25. The molecule has 1 aromatic rings. The number of nitrogens with one attached hydrogen (secondary N) is 1. The molecule has 2 nitrogen and oxygen atoms in total. The highest BCUT2D eigenvalue weighted by Gasteiger charge is 2.16. The molecular weight excluding hydrogens is 210 g/mol. The zero-order valence-corrected chi connectivity index (χ0v) is 11.1. The van der Waals surface area contributed by atoms with Crippen LogP contribution in [0.15, 0.2) is 36.4 Å². The number of ether oxygens (including phenoxy) is 1. The summed E-state index contributed by atoms with van der Waals surface area (Å²) in [7, 11) is 1.97. The molecule has 0 saturated heterocycles. The van der Waals surface area contributed by atoms with Crippen molar-refractivity contribution in [1.29, 1.82) is 0 Å². The Morgan fingerprint density at radius 2 is 1.94 bits per heavy atom. The van der Waals surface area contributed by atoms with Gasteiger partial charge in [0.1, 0.15) is 0 Å². The minimum Gasteiger partial charge on any atom is -0.377 e. The third-order valence-electron chi connectivity index (χ3n) is 2.47. The predicted molar refractivity (Wildman–Crippen MR) is 74.0 cm³/mol. The molecule has 0 amide bonds. The summed E-state index contributed by atoms with van der Waals surface area (Å²) in [5.41, 5.74) is 1.40. The van der Waals surface area contributed by atoms with Crippen molar-refractivity contribution in [2.24, 2.45) is 5.41 Å². The van der Waals surface area contributed by atoms with Crippen LogP contribution in [-0.2, 0) is 4.74 Å². The van der Waals surface area contributed by atoms with Gasteiger partial charge >= 0.3 is 0 Å². The fourth-order valence-electron chi connectivity index (χ4n) is 1.68. The maximum atomic E-state index is 5.65. The van der Waals surface area contributed by atoms with Gasteiger partial charge in [0, 0.05) is 12.0 Å². The number of hydrogen-bond acceptors (Lipinski definition) is 2. The molecule has 0 saturated carbocycles. The van der Waals surface area contributed by atoms with Crippen LogP contribution in [-0.4, -0.2) is 26.8 Å². The van der Waals surface area contributed by atoms with E-state index in [0.29, 0.717) is 6.61 Å². The third-order valence-corrected chi connectivity index (χ3v) is 2.47. The highest BCUT2D eigenvalue weighted by Crippen LogP contribution is 2.13. The van der Waals surface area contributed by atoms with Gasteiger partial charge in [-0.15, -0.1) is 0 Å². The lowest BCUT2D eigenvalue weighted by Crippen LogP contribution is -2.31. The minimum absolute atomic E-state index is 0.190. The SMILES string of the molecule is CNCC(C)(C)COCC=Cc1ccccc1. The summed E-state index contributed by atoms with van der Waals surface area (Å²) in [4.78, 5) is 0. The van der Waals surface area contributed by atoms with Gasteiger partial charge in [0.15, 0.2) is 0 Å². The minimum atomic E-state index is 0.190. The van der Waals surface area contributed by atoms with E-state index in [2.05, 4.69) is 43.4 Å². The summed E-state index contributed by atoms with van der Waals surface area (Å²) >= 11 is 0. The number of benzene rings is 1. The Bertz CT molecular complexity index is 330. The lowest BCUT2D eigenvalue weighted by atomic mass is 9.95. The van der Waals surface area contributed by atoms with E-state index < -0.39 is 0 Å². The summed E-state index contributed by atoms with van der Waals surface area (Å²) in [6.45, 7) is 6.80. The molecule has 0 aliphatic carbocycles. The molecule has 0 heterocycles. The molecule has 0 aliphatic rings. The summed E-state index contributed by atoms with van der Waals surface area (Å²) in [6.07, 6.45) is 4.15. The van der Waals surface area contributed by atoms with Crippen LogP contribution in [0.25, 0.3) is 6.08 Å². The quantitative estimate of drug-likeness (QED) is 0.731. The topological polar surface area (TPSA) is 21.3 Å². The molecule has 0 spiro atoms. The molecule has 1 N–H and O–H groups in total. The van der Waals surface area contributed by atoms with Gasteiger partial charge in [0.2, 0.25) is 0 Å². The Morgan fingerprint density at radius 1 is 1.24 bits per heavy atom. The first kappa shape index (κ1) is 13.9. The molecule has 0 atom stereocenters.